The van der Waals surface area contributed by atoms with Gasteiger partial charge in [-0.25, -0.2) is 0 Å². The summed E-state index contributed by atoms with van der Waals surface area (Å²) >= 11 is 0. The molecule has 0 spiro atoms. The van der Waals surface area contributed by atoms with Gasteiger partial charge >= 0.3 is 0 Å². The first kappa shape index (κ1) is 19.2. The van der Waals surface area contributed by atoms with Crippen LogP contribution in [0.5, 0.6) is 0 Å². The van der Waals surface area contributed by atoms with Crippen molar-refractivity contribution in [1.82, 2.24) is 10.6 Å². The van der Waals surface area contributed by atoms with Crippen molar-refractivity contribution in [2.45, 2.75) is 83.8 Å². The Labute approximate surface area is 146 Å². The molecule has 0 aromatic carbocycles. The van der Waals surface area contributed by atoms with Crippen LogP contribution < -0.4 is 10.6 Å². The van der Waals surface area contributed by atoms with Crippen molar-refractivity contribution < 1.29 is 14.7 Å². The van der Waals surface area contributed by atoms with E-state index >= 15 is 0 Å². The van der Waals surface area contributed by atoms with Crippen molar-refractivity contribution in [2.24, 2.45) is 17.8 Å². The van der Waals surface area contributed by atoms with Gasteiger partial charge in [-0.2, -0.15) is 0 Å². The van der Waals surface area contributed by atoms with Gasteiger partial charge in [0.1, 0.15) is 0 Å². The van der Waals surface area contributed by atoms with Crippen LogP contribution in [0.2, 0.25) is 0 Å². The van der Waals surface area contributed by atoms with Crippen molar-refractivity contribution in [2.75, 3.05) is 6.54 Å². The molecule has 2 amide bonds. The van der Waals surface area contributed by atoms with E-state index in [1.165, 1.54) is 25.7 Å². The minimum absolute atomic E-state index is 0.0207. The molecule has 138 valence electrons. The Balaban J connectivity index is 1.63. The third kappa shape index (κ3) is 6.08. The summed E-state index contributed by atoms with van der Waals surface area (Å²) in [5.41, 5.74) is 0. The van der Waals surface area contributed by atoms with E-state index in [4.69, 9.17) is 0 Å². The number of aliphatic hydroxyl groups is 1. The maximum absolute atomic E-state index is 12.2. The molecule has 5 nitrogen and oxygen atoms in total. The molecular weight excluding hydrogens is 304 g/mol. The zero-order chi connectivity index (χ0) is 17.5. The van der Waals surface area contributed by atoms with Gasteiger partial charge in [-0.3, -0.25) is 9.59 Å². The lowest BCUT2D eigenvalue weighted by Crippen LogP contribution is -2.43. The first-order valence-corrected chi connectivity index (χ1v) is 9.70. The molecule has 1 unspecified atom stereocenters. The third-order valence-corrected chi connectivity index (χ3v) is 5.67. The highest BCUT2D eigenvalue weighted by atomic mass is 16.3. The van der Waals surface area contributed by atoms with Gasteiger partial charge < -0.3 is 15.7 Å². The predicted molar refractivity (Wildman–Crippen MR) is 94.3 cm³/mol. The molecule has 0 saturated heterocycles. The van der Waals surface area contributed by atoms with Crippen LogP contribution in [0.15, 0.2) is 0 Å². The Hall–Kier alpha value is -1.10. The van der Waals surface area contributed by atoms with Gasteiger partial charge in [-0.1, -0.05) is 26.7 Å². The summed E-state index contributed by atoms with van der Waals surface area (Å²) in [5.74, 6) is 0.989. The third-order valence-electron chi connectivity index (χ3n) is 5.67. The van der Waals surface area contributed by atoms with Gasteiger partial charge in [-0.15, -0.1) is 0 Å². The Morgan fingerprint density at radius 2 is 1.67 bits per heavy atom. The lowest BCUT2D eigenvalue weighted by atomic mass is 9.85. The molecule has 0 bridgehead atoms. The average molecular weight is 338 g/mol. The molecule has 0 radical (unpaired) electrons. The molecule has 0 heterocycles. The van der Waals surface area contributed by atoms with Crippen molar-refractivity contribution >= 4 is 11.8 Å². The van der Waals surface area contributed by atoms with E-state index in [9.17, 15) is 14.7 Å². The molecule has 2 rings (SSSR count). The van der Waals surface area contributed by atoms with Crippen molar-refractivity contribution in [1.29, 1.82) is 0 Å². The van der Waals surface area contributed by atoms with Crippen LogP contribution in [0.4, 0.5) is 0 Å². The van der Waals surface area contributed by atoms with E-state index in [1.54, 1.807) is 0 Å². The lowest BCUT2D eigenvalue weighted by molar-refractivity contribution is -0.126. The van der Waals surface area contributed by atoms with Gasteiger partial charge in [0.2, 0.25) is 11.8 Å². The normalized spacial score (nSPS) is 26.3. The number of carbonyl (C=O) groups is 2. The molecule has 1 atom stereocenters. The Morgan fingerprint density at radius 3 is 2.25 bits per heavy atom. The highest BCUT2D eigenvalue weighted by Crippen LogP contribution is 2.28. The van der Waals surface area contributed by atoms with Gasteiger partial charge in [0.25, 0.3) is 0 Å². The summed E-state index contributed by atoms with van der Waals surface area (Å²) in [6, 6.07) is 0.226. The first-order chi connectivity index (χ1) is 11.5. The van der Waals surface area contributed by atoms with Crippen molar-refractivity contribution in [3.63, 3.8) is 0 Å². The molecule has 2 aliphatic carbocycles. The van der Waals surface area contributed by atoms with Crippen LogP contribution in [0.25, 0.3) is 0 Å². The van der Waals surface area contributed by atoms with Gasteiger partial charge in [0.15, 0.2) is 0 Å². The van der Waals surface area contributed by atoms with Crippen LogP contribution in [-0.2, 0) is 9.59 Å². The van der Waals surface area contributed by atoms with Gasteiger partial charge in [0, 0.05) is 24.9 Å². The second-order valence-corrected chi connectivity index (χ2v) is 8.03. The predicted octanol–water partition coefficient (Wildman–Crippen LogP) is 2.37. The van der Waals surface area contributed by atoms with E-state index in [0.717, 1.165) is 25.7 Å². The van der Waals surface area contributed by atoms with E-state index in [-0.39, 0.29) is 29.7 Å². The zero-order valence-corrected chi connectivity index (χ0v) is 15.2. The summed E-state index contributed by atoms with van der Waals surface area (Å²) in [7, 11) is 0. The summed E-state index contributed by atoms with van der Waals surface area (Å²) in [6.45, 7) is 4.21. The highest BCUT2D eigenvalue weighted by Gasteiger charge is 2.28. The summed E-state index contributed by atoms with van der Waals surface area (Å²) in [5, 5.41) is 15.8. The number of aliphatic hydroxyl groups excluding tert-OH is 1. The molecular formula is C19H34N2O3. The fourth-order valence-corrected chi connectivity index (χ4v) is 3.85. The minimum Gasteiger partial charge on any atom is -0.391 e. The fourth-order valence-electron chi connectivity index (χ4n) is 3.85. The van der Waals surface area contributed by atoms with E-state index < -0.39 is 6.10 Å². The van der Waals surface area contributed by atoms with Crippen molar-refractivity contribution in [3.8, 4) is 0 Å². The van der Waals surface area contributed by atoms with Crippen LogP contribution in [0.3, 0.4) is 0 Å². The number of rotatable bonds is 7. The largest absolute Gasteiger partial charge is 0.391 e. The van der Waals surface area contributed by atoms with Gasteiger partial charge in [-0.05, 0) is 50.4 Å². The first-order valence-electron chi connectivity index (χ1n) is 9.70. The second kappa shape index (κ2) is 9.40. The van der Waals surface area contributed by atoms with E-state index in [1.807, 2.05) is 13.8 Å². The Morgan fingerprint density at radius 1 is 1.04 bits per heavy atom. The lowest BCUT2D eigenvalue weighted by Gasteiger charge is -2.29. The van der Waals surface area contributed by atoms with Crippen molar-refractivity contribution in [3.05, 3.63) is 0 Å². The fraction of sp³-hybridized carbons (Fsp3) is 0.895. The number of hydrogen-bond donors (Lipinski definition) is 3. The topological polar surface area (TPSA) is 78.4 Å². The zero-order valence-electron chi connectivity index (χ0n) is 15.2. The standard InChI is InChI=1S/C19H34N2O3/c1-13(2)17(22)12-20-19(24)15-7-9-16(10-8-15)21-18(23)11-14-5-3-4-6-14/h13-17,22H,3-12H2,1-2H3,(H,20,24)(H,21,23). The molecule has 24 heavy (non-hydrogen) atoms. The molecule has 2 saturated carbocycles. The number of carbonyl (C=O) groups excluding carboxylic acids is 2. The molecule has 2 fully saturated rings. The molecule has 5 heteroatoms. The quantitative estimate of drug-likeness (QED) is 0.667. The van der Waals surface area contributed by atoms with E-state index in [0.29, 0.717) is 18.9 Å². The summed E-state index contributed by atoms with van der Waals surface area (Å²) in [6.07, 6.45) is 8.50. The maximum atomic E-state index is 12.2. The number of nitrogens with one attached hydrogen (secondary N) is 2. The molecule has 0 aromatic heterocycles. The maximum Gasteiger partial charge on any atom is 0.223 e. The Kier molecular flexibility index (Phi) is 7.53. The monoisotopic (exact) mass is 338 g/mol. The van der Waals surface area contributed by atoms with Crippen LogP contribution in [-0.4, -0.2) is 35.6 Å². The van der Waals surface area contributed by atoms with Crippen LogP contribution >= 0.6 is 0 Å². The second-order valence-electron chi connectivity index (χ2n) is 8.03. The molecule has 2 aliphatic rings. The van der Waals surface area contributed by atoms with Gasteiger partial charge in [0.05, 0.1) is 6.10 Å². The number of amides is 2. The van der Waals surface area contributed by atoms with E-state index in [2.05, 4.69) is 10.6 Å². The SMILES string of the molecule is CC(C)C(O)CNC(=O)C1CCC(NC(=O)CC2CCCC2)CC1. The minimum atomic E-state index is -0.486. The average Bonchev–Trinajstić information content (AvgIpc) is 3.05. The number of hydrogen-bond acceptors (Lipinski definition) is 3. The summed E-state index contributed by atoms with van der Waals surface area (Å²) in [4.78, 5) is 24.3. The smallest absolute Gasteiger partial charge is 0.223 e. The summed E-state index contributed by atoms with van der Waals surface area (Å²) < 4.78 is 0. The highest BCUT2D eigenvalue weighted by molar-refractivity contribution is 5.79. The molecule has 0 aliphatic heterocycles. The van der Waals surface area contributed by atoms with Crippen LogP contribution in [0, 0.1) is 17.8 Å². The van der Waals surface area contributed by atoms with Crippen LogP contribution in [0.1, 0.15) is 71.6 Å². The molecule has 3 N–H and O–H groups in total. The Bertz CT molecular complexity index is 411. The molecule has 0 aromatic rings.